The number of methoxy groups -OCH3 is 2. The van der Waals surface area contributed by atoms with Crippen LogP contribution in [0.25, 0.3) is 0 Å². The van der Waals surface area contributed by atoms with Crippen LogP contribution in [-0.4, -0.2) is 91.1 Å². The molecule has 1 N–H and O–H groups in total. The van der Waals surface area contributed by atoms with E-state index in [-0.39, 0.29) is 12.1 Å². The zero-order valence-corrected chi connectivity index (χ0v) is 20.0. The van der Waals surface area contributed by atoms with Gasteiger partial charge in [0, 0.05) is 50.2 Å². The fourth-order valence-corrected chi connectivity index (χ4v) is 7.92. The fourth-order valence-electron chi connectivity index (χ4n) is 7.92. The predicted octanol–water partition coefficient (Wildman–Crippen LogP) is 1.41. The quantitative estimate of drug-likeness (QED) is 0.500. The van der Waals surface area contributed by atoms with Crippen LogP contribution in [0.3, 0.4) is 0 Å². The molecular formula is C25H34N2O6. The van der Waals surface area contributed by atoms with Gasteiger partial charge in [-0.2, -0.15) is 0 Å². The Morgan fingerprint density at radius 3 is 2.67 bits per heavy atom. The molecule has 3 heterocycles. The van der Waals surface area contributed by atoms with Crippen LogP contribution in [-0.2, 0) is 23.8 Å². The van der Waals surface area contributed by atoms with Crippen molar-refractivity contribution in [3.8, 4) is 0 Å². The number of ether oxygens (including phenoxy) is 3. The molecule has 2 saturated heterocycles. The first-order chi connectivity index (χ1) is 15.7. The maximum absolute atomic E-state index is 13.5. The smallest absolute Gasteiger partial charge is 0.344 e. The van der Waals surface area contributed by atoms with E-state index in [4.69, 9.17) is 14.2 Å². The second kappa shape index (κ2) is 7.42. The van der Waals surface area contributed by atoms with Crippen molar-refractivity contribution in [3.05, 3.63) is 35.6 Å². The standard InChI is InChI=1S/C25H34N2O6/c1-6-23-10-7-12-27-13-11-24(19(23)27)17-9-8-16(31-4)14-18(17)26(3)20(24)25(30,22(29)32-5)21(23)33-15(2)28/h7,9-10,14,16,19-21,30H,6,8,11-13H2,1-5H3/t16?,19-,20+,21+,23+,24+,25-/m0/s1. The third kappa shape index (κ3) is 2.57. The molecule has 180 valence electrons. The van der Waals surface area contributed by atoms with E-state index in [1.54, 1.807) is 7.11 Å². The van der Waals surface area contributed by atoms with E-state index in [2.05, 4.69) is 29.2 Å². The average Bonchev–Trinajstić information content (AvgIpc) is 3.32. The predicted molar refractivity (Wildman–Crippen MR) is 120 cm³/mol. The van der Waals surface area contributed by atoms with Crippen LogP contribution in [0.2, 0.25) is 0 Å². The van der Waals surface area contributed by atoms with Gasteiger partial charge in [0.15, 0.2) is 6.10 Å². The second-order valence-corrected chi connectivity index (χ2v) is 10.1. The van der Waals surface area contributed by atoms with E-state index in [0.29, 0.717) is 6.42 Å². The van der Waals surface area contributed by atoms with Crippen molar-refractivity contribution >= 4 is 11.9 Å². The van der Waals surface area contributed by atoms with Crippen LogP contribution in [0.15, 0.2) is 35.6 Å². The molecule has 0 aromatic heterocycles. The van der Waals surface area contributed by atoms with Crippen LogP contribution >= 0.6 is 0 Å². The molecule has 0 radical (unpaired) electrons. The van der Waals surface area contributed by atoms with Crippen LogP contribution in [0.4, 0.5) is 0 Å². The summed E-state index contributed by atoms with van der Waals surface area (Å²) in [4.78, 5) is 30.3. The van der Waals surface area contributed by atoms with Crippen molar-refractivity contribution in [2.75, 3.05) is 34.4 Å². The number of carbonyl (C=O) groups excluding carboxylic acids is 2. The Morgan fingerprint density at radius 2 is 2.03 bits per heavy atom. The Bertz CT molecular complexity index is 974. The van der Waals surface area contributed by atoms with Crippen molar-refractivity contribution in [3.63, 3.8) is 0 Å². The Morgan fingerprint density at radius 1 is 1.27 bits per heavy atom. The minimum absolute atomic E-state index is 0.0297. The lowest BCUT2D eigenvalue weighted by Crippen LogP contribution is -2.79. The maximum Gasteiger partial charge on any atom is 0.344 e. The molecule has 3 aliphatic heterocycles. The van der Waals surface area contributed by atoms with Gasteiger partial charge in [-0.15, -0.1) is 0 Å². The van der Waals surface area contributed by atoms with Gasteiger partial charge < -0.3 is 24.2 Å². The molecule has 33 heavy (non-hydrogen) atoms. The summed E-state index contributed by atoms with van der Waals surface area (Å²) >= 11 is 0. The monoisotopic (exact) mass is 458 g/mol. The molecule has 1 spiro atoms. The molecule has 3 fully saturated rings. The number of esters is 2. The summed E-state index contributed by atoms with van der Waals surface area (Å²) in [7, 11) is 4.88. The van der Waals surface area contributed by atoms with Gasteiger partial charge in [-0.25, -0.2) is 4.79 Å². The van der Waals surface area contributed by atoms with Crippen molar-refractivity contribution < 1.29 is 28.9 Å². The molecule has 2 aliphatic carbocycles. The minimum Gasteiger partial charge on any atom is -0.467 e. The molecule has 8 nitrogen and oxygen atoms in total. The molecule has 0 amide bonds. The number of aliphatic hydroxyl groups is 1. The zero-order chi connectivity index (χ0) is 23.8. The van der Waals surface area contributed by atoms with Crippen LogP contribution in [0.1, 0.15) is 33.1 Å². The number of hydrogen-bond acceptors (Lipinski definition) is 8. The summed E-state index contributed by atoms with van der Waals surface area (Å²) in [5.74, 6) is -1.29. The Balaban J connectivity index is 1.83. The maximum atomic E-state index is 13.5. The molecule has 0 bridgehead atoms. The summed E-state index contributed by atoms with van der Waals surface area (Å²) in [6, 6.07) is -0.672. The van der Waals surface area contributed by atoms with E-state index in [0.717, 1.165) is 37.2 Å². The average molecular weight is 459 g/mol. The molecule has 0 aromatic rings. The number of likely N-dealkylation sites (tertiary alicyclic amines) is 1. The third-order valence-electron chi connectivity index (χ3n) is 8.89. The van der Waals surface area contributed by atoms with E-state index >= 15 is 0 Å². The van der Waals surface area contributed by atoms with Crippen molar-refractivity contribution in [2.24, 2.45) is 10.8 Å². The molecule has 1 unspecified atom stereocenters. The lowest BCUT2D eigenvalue weighted by atomic mass is 9.47. The molecule has 5 aliphatic rings. The number of likely N-dealkylation sites (N-methyl/N-ethyl adjacent to an activating group) is 1. The van der Waals surface area contributed by atoms with Gasteiger partial charge in [-0.3, -0.25) is 9.69 Å². The first kappa shape index (κ1) is 22.6. The Kier molecular flexibility index (Phi) is 5.09. The van der Waals surface area contributed by atoms with Gasteiger partial charge in [0.2, 0.25) is 5.60 Å². The fraction of sp³-hybridized carbons (Fsp3) is 0.680. The summed E-state index contributed by atoms with van der Waals surface area (Å²) in [5.41, 5.74) is -1.17. The van der Waals surface area contributed by atoms with Gasteiger partial charge in [0.25, 0.3) is 0 Å². The zero-order valence-electron chi connectivity index (χ0n) is 20.0. The largest absolute Gasteiger partial charge is 0.467 e. The number of allylic oxidation sites excluding steroid dienone is 1. The first-order valence-electron chi connectivity index (χ1n) is 11.8. The summed E-state index contributed by atoms with van der Waals surface area (Å²) in [6.07, 6.45) is 9.48. The molecular weight excluding hydrogens is 424 g/mol. The van der Waals surface area contributed by atoms with Gasteiger partial charge in [0.05, 0.1) is 19.3 Å². The van der Waals surface area contributed by atoms with Crippen molar-refractivity contribution in [1.29, 1.82) is 0 Å². The van der Waals surface area contributed by atoms with E-state index in [9.17, 15) is 14.7 Å². The SMILES string of the molecule is CC[C@]12C=CCN3CC[C@@]4(C5=CCC(OC)C=C5N(C)[C@H]4[C@@](O)(C(=O)OC)[C@@H]1OC(C)=O)[C@@H]32. The number of hydrogen-bond donors (Lipinski definition) is 1. The van der Waals surface area contributed by atoms with E-state index < -0.39 is 40.5 Å². The highest BCUT2D eigenvalue weighted by Crippen LogP contribution is 2.69. The topological polar surface area (TPSA) is 88.5 Å². The number of carbonyl (C=O) groups is 2. The van der Waals surface area contributed by atoms with Crippen LogP contribution in [0, 0.1) is 10.8 Å². The van der Waals surface area contributed by atoms with Crippen LogP contribution in [0.5, 0.6) is 0 Å². The molecule has 1 saturated carbocycles. The highest BCUT2D eigenvalue weighted by atomic mass is 16.6. The van der Waals surface area contributed by atoms with E-state index in [1.807, 2.05) is 18.9 Å². The normalized spacial score (nSPS) is 43.3. The Labute approximate surface area is 194 Å². The highest BCUT2D eigenvalue weighted by molar-refractivity contribution is 5.84. The lowest BCUT2D eigenvalue weighted by molar-refractivity contribution is -0.243. The molecule has 8 heteroatoms. The van der Waals surface area contributed by atoms with Gasteiger partial charge >= 0.3 is 11.9 Å². The number of fused-ring (bicyclic) bond motifs is 1. The van der Waals surface area contributed by atoms with E-state index in [1.165, 1.54) is 14.0 Å². The number of rotatable bonds is 4. The molecule has 0 aromatic carbocycles. The van der Waals surface area contributed by atoms with Gasteiger partial charge in [0.1, 0.15) is 0 Å². The summed E-state index contributed by atoms with van der Waals surface area (Å²) in [6.45, 7) is 5.00. The van der Waals surface area contributed by atoms with Crippen molar-refractivity contribution in [2.45, 2.75) is 63.0 Å². The summed E-state index contributed by atoms with van der Waals surface area (Å²) in [5, 5.41) is 12.5. The lowest BCUT2D eigenvalue weighted by Gasteiger charge is -2.63. The van der Waals surface area contributed by atoms with Crippen molar-refractivity contribution in [1.82, 2.24) is 9.80 Å². The number of nitrogens with zero attached hydrogens (tertiary/aromatic N) is 2. The third-order valence-corrected chi connectivity index (χ3v) is 8.89. The first-order valence-corrected chi connectivity index (χ1v) is 11.8. The van der Waals surface area contributed by atoms with Crippen LogP contribution < -0.4 is 0 Å². The minimum atomic E-state index is -2.05. The van der Waals surface area contributed by atoms with Gasteiger partial charge in [-0.05, 0) is 37.5 Å². The second-order valence-electron chi connectivity index (χ2n) is 10.1. The highest BCUT2D eigenvalue weighted by Gasteiger charge is 2.81. The molecule has 7 atom stereocenters. The summed E-state index contributed by atoms with van der Waals surface area (Å²) < 4.78 is 16.8. The molecule has 5 rings (SSSR count). The van der Waals surface area contributed by atoms with Gasteiger partial charge in [-0.1, -0.05) is 25.2 Å². The Hall–Kier alpha value is -2.16.